The van der Waals surface area contributed by atoms with E-state index in [1.54, 1.807) is 0 Å². The Kier molecular flexibility index (Phi) is 8.48. The molecule has 0 saturated heterocycles. The van der Waals surface area contributed by atoms with E-state index in [-0.39, 0.29) is 76.9 Å². The van der Waals surface area contributed by atoms with Crippen molar-refractivity contribution >= 4 is 18.1 Å². The van der Waals surface area contributed by atoms with Crippen LogP contribution in [0.5, 0.6) is 34.5 Å². The van der Waals surface area contributed by atoms with Gasteiger partial charge < -0.3 is 48.4 Å². The Hall–Kier alpha value is -5.17. The van der Waals surface area contributed by atoms with E-state index in [1.165, 1.54) is 39.7 Å². The normalized spacial score (nSPS) is 13.5. The fourth-order valence-corrected chi connectivity index (χ4v) is 4.50. The third-order valence-electron chi connectivity index (χ3n) is 6.46. The van der Waals surface area contributed by atoms with Crippen LogP contribution in [0.2, 0.25) is 0 Å². The van der Waals surface area contributed by atoms with Gasteiger partial charge in [-0.05, 0) is 17.7 Å². The van der Waals surface area contributed by atoms with Gasteiger partial charge in [0.05, 0.1) is 51.3 Å². The lowest BCUT2D eigenvalue weighted by Crippen LogP contribution is -2.39. The number of hydrogen-bond donors (Lipinski definition) is 2. The number of aliphatic hydroxyl groups excluding tert-OH is 1. The SMILES string of the molecule is COC(=O)c1cc(OC)c2c(c1-c1c(C(=O)NC(/C=N/OCc3ccccc3)CO)cc(OC)c3c1OCO3)OCO2. The van der Waals surface area contributed by atoms with Gasteiger partial charge in [0.15, 0.2) is 23.0 Å². The van der Waals surface area contributed by atoms with Crippen LogP contribution in [0.1, 0.15) is 26.3 Å². The summed E-state index contributed by atoms with van der Waals surface area (Å²) in [6.07, 6.45) is 1.27. The number of aliphatic hydroxyl groups is 1. The molecule has 2 N–H and O–H groups in total. The molecule has 0 aromatic heterocycles. The molecule has 3 aromatic carbocycles. The fraction of sp³-hybridized carbons (Fsp3) is 0.276. The molecule has 0 fully saturated rings. The average molecular weight is 581 g/mol. The van der Waals surface area contributed by atoms with Crippen LogP contribution in [0.4, 0.5) is 0 Å². The Morgan fingerprint density at radius 3 is 2.05 bits per heavy atom. The van der Waals surface area contributed by atoms with Crippen molar-refractivity contribution in [2.45, 2.75) is 12.6 Å². The number of amides is 1. The Morgan fingerprint density at radius 2 is 1.48 bits per heavy atom. The molecule has 1 amide bonds. The molecule has 5 rings (SSSR count). The van der Waals surface area contributed by atoms with Crippen LogP contribution >= 0.6 is 0 Å². The number of methoxy groups -OCH3 is 3. The van der Waals surface area contributed by atoms with Crippen molar-refractivity contribution in [1.82, 2.24) is 5.32 Å². The second kappa shape index (κ2) is 12.6. The van der Waals surface area contributed by atoms with Gasteiger partial charge in [-0.3, -0.25) is 4.79 Å². The molecule has 0 saturated carbocycles. The summed E-state index contributed by atoms with van der Waals surface area (Å²) in [5.74, 6) is -0.231. The van der Waals surface area contributed by atoms with Gasteiger partial charge in [0, 0.05) is 11.1 Å². The summed E-state index contributed by atoms with van der Waals surface area (Å²) in [5, 5.41) is 16.6. The van der Waals surface area contributed by atoms with Crippen molar-refractivity contribution < 1.29 is 52.7 Å². The van der Waals surface area contributed by atoms with Gasteiger partial charge in [0.1, 0.15) is 6.61 Å². The minimum absolute atomic E-state index is 0.0150. The molecule has 0 aliphatic carbocycles. The van der Waals surface area contributed by atoms with Crippen LogP contribution < -0.4 is 33.7 Å². The predicted molar refractivity (Wildman–Crippen MR) is 147 cm³/mol. The highest BCUT2D eigenvalue weighted by molar-refractivity contribution is 6.10. The van der Waals surface area contributed by atoms with Gasteiger partial charge in [0.25, 0.3) is 5.91 Å². The van der Waals surface area contributed by atoms with Crippen molar-refractivity contribution in [2.24, 2.45) is 5.16 Å². The zero-order chi connectivity index (χ0) is 29.6. The molecule has 2 aliphatic heterocycles. The summed E-state index contributed by atoms with van der Waals surface area (Å²) in [6, 6.07) is 11.3. The molecule has 0 spiro atoms. The summed E-state index contributed by atoms with van der Waals surface area (Å²) in [5.41, 5.74) is 1.24. The minimum atomic E-state index is -0.932. The first-order chi connectivity index (χ1) is 20.5. The van der Waals surface area contributed by atoms with Crippen LogP contribution in [0, 0.1) is 0 Å². The second-order valence-corrected chi connectivity index (χ2v) is 8.90. The van der Waals surface area contributed by atoms with Gasteiger partial charge in [0.2, 0.25) is 25.1 Å². The number of esters is 1. The maximum absolute atomic E-state index is 13.8. The molecule has 0 radical (unpaired) electrons. The van der Waals surface area contributed by atoms with Crippen LogP contribution in [0.3, 0.4) is 0 Å². The van der Waals surface area contributed by atoms with Crippen molar-refractivity contribution in [3.8, 4) is 45.6 Å². The monoisotopic (exact) mass is 580 g/mol. The highest BCUT2D eigenvalue weighted by Gasteiger charge is 2.37. The van der Waals surface area contributed by atoms with Crippen molar-refractivity contribution in [3.05, 3.63) is 59.2 Å². The first kappa shape index (κ1) is 28.4. The van der Waals surface area contributed by atoms with Crippen LogP contribution in [-0.4, -0.2) is 70.8 Å². The molecule has 0 bridgehead atoms. The van der Waals surface area contributed by atoms with Crippen molar-refractivity contribution in [3.63, 3.8) is 0 Å². The third kappa shape index (κ3) is 5.41. The Morgan fingerprint density at radius 1 is 0.905 bits per heavy atom. The molecule has 2 aliphatic rings. The van der Waals surface area contributed by atoms with Crippen LogP contribution in [0.15, 0.2) is 47.6 Å². The number of hydrogen-bond acceptors (Lipinski definition) is 12. The summed E-state index contributed by atoms with van der Waals surface area (Å²) in [7, 11) is 4.05. The highest BCUT2D eigenvalue weighted by Crippen LogP contribution is 2.56. The molecule has 13 heteroatoms. The summed E-state index contributed by atoms with van der Waals surface area (Å²) >= 11 is 0. The van der Waals surface area contributed by atoms with E-state index in [2.05, 4.69) is 10.5 Å². The number of fused-ring (bicyclic) bond motifs is 2. The highest BCUT2D eigenvalue weighted by atomic mass is 16.7. The average Bonchev–Trinajstić information content (AvgIpc) is 3.72. The quantitative estimate of drug-likeness (QED) is 0.196. The van der Waals surface area contributed by atoms with E-state index in [0.29, 0.717) is 0 Å². The van der Waals surface area contributed by atoms with E-state index in [0.717, 1.165) is 5.56 Å². The molecular weight excluding hydrogens is 552 g/mol. The van der Waals surface area contributed by atoms with Gasteiger partial charge in [-0.15, -0.1) is 0 Å². The maximum atomic E-state index is 13.8. The van der Waals surface area contributed by atoms with Crippen LogP contribution in [0.25, 0.3) is 11.1 Å². The van der Waals surface area contributed by atoms with E-state index in [1.807, 2.05) is 30.3 Å². The Bertz CT molecular complexity index is 1510. The number of carbonyl (C=O) groups is 2. The minimum Gasteiger partial charge on any atom is -0.493 e. The molecule has 2 heterocycles. The van der Waals surface area contributed by atoms with Crippen molar-refractivity contribution in [2.75, 3.05) is 41.5 Å². The van der Waals surface area contributed by atoms with E-state index < -0.39 is 24.5 Å². The lowest BCUT2D eigenvalue weighted by Gasteiger charge is -2.20. The zero-order valence-corrected chi connectivity index (χ0v) is 23.0. The molecule has 1 unspecified atom stereocenters. The topological polar surface area (TPSA) is 153 Å². The first-order valence-corrected chi connectivity index (χ1v) is 12.7. The first-order valence-electron chi connectivity index (χ1n) is 12.7. The molecule has 220 valence electrons. The number of rotatable bonds is 11. The van der Waals surface area contributed by atoms with Crippen LogP contribution in [-0.2, 0) is 16.2 Å². The van der Waals surface area contributed by atoms with Gasteiger partial charge >= 0.3 is 5.97 Å². The number of ether oxygens (including phenoxy) is 7. The van der Waals surface area contributed by atoms with Crippen molar-refractivity contribution in [1.29, 1.82) is 0 Å². The number of nitrogens with one attached hydrogen (secondary N) is 1. The summed E-state index contributed by atoms with van der Waals surface area (Å²) in [6.45, 7) is -0.610. The maximum Gasteiger partial charge on any atom is 0.338 e. The molecular formula is C29H28N2O11. The lowest BCUT2D eigenvalue weighted by atomic mass is 9.91. The van der Waals surface area contributed by atoms with E-state index >= 15 is 0 Å². The third-order valence-corrected chi connectivity index (χ3v) is 6.46. The molecule has 42 heavy (non-hydrogen) atoms. The standard InChI is InChI=1S/C29H28N2O11/c1-35-20-9-18(28(33)31-17(12-32)11-30-42-13-16-7-5-4-6-8-16)22(26-24(20)38-14-40-26)23-19(29(34)37-3)10-21(36-2)25-27(23)41-15-39-25/h4-11,17,32H,12-15H2,1-3H3,(H,31,33)/b30-11+. The van der Waals surface area contributed by atoms with E-state index in [4.69, 9.17) is 38.0 Å². The largest absolute Gasteiger partial charge is 0.493 e. The van der Waals surface area contributed by atoms with Gasteiger partial charge in [-0.2, -0.15) is 0 Å². The van der Waals surface area contributed by atoms with E-state index in [9.17, 15) is 14.7 Å². The Balaban J connectivity index is 1.57. The number of oxime groups is 1. The fourth-order valence-electron chi connectivity index (χ4n) is 4.50. The summed E-state index contributed by atoms with van der Waals surface area (Å²) in [4.78, 5) is 32.1. The number of benzene rings is 3. The molecule has 13 nitrogen and oxygen atoms in total. The molecule has 1 atom stereocenters. The number of nitrogens with zero attached hydrogens (tertiary/aromatic N) is 1. The number of carbonyl (C=O) groups excluding carboxylic acids is 2. The summed E-state index contributed by atoms with van der Waals surface area (Å²) < 4.78 is 38.8. The molecule has 3 aromatic rings. The smallest absolute Gasteiger partial charge is 0.338 e. The Labute approximate surface area is 240 Å². The predicted octanol–water partition coefficient (Wildman–Crippen LogP) is 2.91. The zero-order valence-electron chi connectivity index (χ0n) is 23.0. The lowest BCUT2D eigenvalue weighted by molar-refractivity contribution is 0.0600. The second-order valence-electron chi connectivity index (χ2n) is 8.90. The van der Waals surface area contributed by atoms with Gasteiger partial charge in [-0.1, -0.05) is 35.5 Å². The van der Waals surface area contributed by atoms with Gasteiger partial charge in [-0.25, -0.2) is 4.79 Å².